The zero-order chi connectivity index (χ0) is 20.7. The van der Waals surface area contributed by atoms with E-state index in [9.17, 15) is 14.4 Å². The Morgan fingerprint density at radius 1 is 1.07 bits per heavy atom. The second kappa shape index (κ2) is 10.0. The third-order valence-corrected chi connectivity index (χ3v) is 5.52. The molecule has 1 N–H and O–H groups in total. The fraction of sp³-hybridized carbons (Fsp3) is 0.381. The van der Waals surface area contributed by atoms with Crippen LogP contribution < -0.4 is 10.1 Å². The highest BCUT2D eigenvalue weighted by atomic mass is 32.1. The van der Waals surface area contributed by atoms with Gasteiger partial charge in [-0.25, -0.2) is 4.79 Å². The van der Waals surface area contributed by atoms with Crippen LogP contribution in [0.5, 0.6) is 5.75 Å². The first-order valence-corrected chi connectivity index (χ1v) is 10.1. The number of rotatable bonds is 9. The molecule has 2 rings (SSSR count). The van der Waals surface area contributed by atoms with E-state index in [4.69, 9.17) is 9.47 Å². The molecule has 0 aliphatic carbocycles. The normalized spacial score (nSPS) is 10.4. The van der Waals surface area contributed by atoms with Gasteiger partial charge in [-0.3, -0.25) is 9.59 Å². The summed E-state index contributed by atoms with van der Waals surface area (Å²) in [6, 6.07) is 6.66. The number of benzene rings is 1. The van der Waals surface area contributed by atoms with Gasteiger partial charge in [0.05, 0.1) is 12.2 Å². The number of amides is 1. The molecule has 0 atom stereocenters. The third-order valence-electron chi connectivity index (χ3n) is 4.17. The quantitative estimate of drug-likeness (QED) is 0.495. The van der Waals surface area contributed by atoms with Crippen molar-refractivity contribution < 1.29 is 23.9 Å². The van der Waals surface area contributed by atoms with Crippen LogP contribution in [0.1, 0.15) is 58.3 Å². The molecule has 7 heteroatoms. The number of anilines is 1. The van der Waals surface area contributed by atoms with Crippen molar-refractivity contribution in [2.24, 2.45) is 0 Å². The number of carbonyl (C=O) groups is 3. The monoisotopic (exact) mass is 403 g/mol. The van der Waals surface area contributed by atoms with E-state index >= 15 is 0 Å². The third kappa shape index (κ3) is 5.19. The number of hydrogen-bond donors (Lipinski definition) is 1. The maximum absolute atomic E-state index is 12.3. The van der Waals surface area contributed by atoms with Gasteiger partial charge in [-0.1, -0.05) is 13.8 Å². The Labute approximate surface area is 168 Å². The number of carbonyl (C=O) groups excluding carboxylic acids is 3. The van der Waals surface area contributed by atoms with Gasteiger partial charge in [0.1, 0.15) is 10.8 Å². The summed E-state index contributed by atoms with van der Waals surface area (Å²) < 4.78 is 10.6. The van der Waals surface area contributed by atoms with Crippen LogP contribution in [-0.2, 0) is 16.0 Å². The maximum Gasteiger partial charge on any atom is 0.341 e. The first-order valence-electron chi connectivity index (χ1n) is 9.26. The van der Waals surface area contributed by atoms with Crippen molar-refractivity contribution in [3.05, 3.63) is 45.8 Å². The molecule has 0 bridgehead atoms. The van der Waals surface area contributed by atoms with Gasteiger partial charge in [0.2, 0.25) is 0 Å². The van der Waals surface area contributed by atoms with E-state index in [0.717, 1.165) is 16.9 Å². The summed E-state index contributed by atoms with van der Waals surface area (Å²) in [6.07, 6.45) is 1.20. The number of ether oxygens (including phenoxy) is 2. The molecule has 0 saturated carbocycles. The highest BCUT2D eigenvalue weighted by Gasteiger charge is 2.23. The Bertz CT molecular complexity index is 854. The summed E-state index contributed by atoms with van der Waals surface area (Å²) in [7, 11) is 0. The second-order valence-corrected chi connectivity index (χ2v) is 7.17. The molecule has 1 heterocycles. The molecule has 0 aliphatic rings. The molecule has 0 aliphatic heterocycles. The molecule has 0 unspecified atom stereocenters. The average molecular weight is 404 g/mol. The lowest BCUT2D eigenvalue weighted by atomic mass is 10.1. The maximum atomic E-state index is 12.3. The molecular weight excluding hydrogens is 378 g/mol. The van der Waals surface area contributed by atoms with Crippen molar-refractivity contribution in [1.82, 2.24) is 0 Å². The van der Waals surface area contributed by atoms with Crippen molar-refractivity contribution in [3.8, 4) is 5.75 Å². The average Bonchev–Trinajstić information content (AvgIpc) is 3.01. The van der Waals surface area contributed by atoms with Crippen LogP contribution >= 0.6 is 11.3 Å². The van der Waals surface area contributed by atoms with E-state index in [1.54, 1.807) is 38.1 Å². The van der Waals surface area contributed by atoms with Crippen molar-refractivity contribution in [2.75, 3.05) is 18.5 Å². The number of aryl methyl sites for hydroxylation is 1. The highest BCUT2D eigenvalue weighted by molar-refractivity contribution is 7.17. The lowest BCUT2D eigenvalue weighted by Gasteiger charge is -2.09. The van der Waals surface area contributed by atoms with Crippen LogP contribution in [0.2, 0.25) is 0 Å². The van der Waals surface area contributed by atoms with Gasteiger partial charge < -0.3 is 14.8 Å². The first kappa shape index (κ1) is 21.6. The molecule has 1 aromatic heterocycles. The van der Waals surface area contributed by atoms with Gasteiger partial charge in [-0.2, -0.15) is 0 Å². The minimum absolute atomic E-state index is 0.0515. The van der Waals surface area contributed by atoms with E-state index in [2.05, 4.69) is 5.32 Å². The summed E-state index contributed by atoms with van der Waals surface area (Å²) >= 11 is 1.37. The van der Waals surface area contributed by atoms with Gasteiger partial charge in [0.15, 0.2) is 12.4 Å². The fourth-order valence-corrected chi connectivity index (χ4v) is 3.84. The SMILES string of the molecule is CCOC(=O)c1c(NC(=O)COc2ccc(C(=O)CC)cc2)sc(CC)c1C. The first-order chi connectivity index (χ1) is 13.4. The zero-order valence-electron chi connectivity index (χ0n) is 16.6. The van der Waals surface area contributed by atoms with E-state index in [1.165, 1.54) is 11.3 Å². The number of hydrogen-bond acceptors (Lipinski definition) is 6. The Balaban J connectivity index is 2.04. The van der Waals surface area contributed by atoms with Gasteiger partial charge in [0, 0.05) is 16.9 Å². The predicted molar refractivity (Wildman–Crippen MR) is 110 cm³/mol. The molecule has 1 aromatic carbocycles. The standard InChI is InChI=1S/C21H25NO5S/c1-5-16(23)14-8-10-15(11-9-14)27-12-18(24)22-20-19(21(25)26-7-3)13(4)17(6-2)28-20/h8-11H,5-7,12H2,1-4H3,(H,22,24). The molecule has 6 nitrogen and oxygen atoms in total. The highest BCUT2D eigenvalue weighted by Crippen LogP contribution is 2.34. The number of ketones is 1. The van der Waals surface area contributed by atoms with Gasteiger partial charge in [0.25, 0.3) is 5.91 Å². The van der Waals surface area contributed by atoms with E-state index in [0.29, 0.717) is 28.3 Å². The molecule has 0 spiro atoms. The summed E-state index contributed by atoms with van der Waals surface area (Å²) in [6.45, 7) is 7.45. The number of nitrogens with one attached hydrogen (secondary N) is 1. The van der Waals surface area contributed by atoms with Crippen LogP contribution in [-0.4, -0.2) is 30.9 Å². The van der Waals surface area contributed by atoms with Crippen LogP contribution in [0.25, 0.3) is 0 Å². The predicted octanol–water partition coefficient (Wildman–Crippen LogP) is 4.41. The van der Waals surface area contributed by atoms with Crippen LogP contribution in [0.3, 0.4) is 0 Å². The van der Waals surface area contributed by atoms with Gasteiger partial charge >= 0.3 is 5.97 Å². The molecular formula is C21H25NO5S. The van der Waals surface area contributed by atoms with E-state index in [1.807, 2.05) is 13.8 Å². The minimum atomic E-state index is -0.441. The van der Waals surface area contributed by atoms with Crippen molar-refractivity contribution in [3.63, 3.8) is 0 Å². The number of thiophene rings is 1. The summed E-state index contributed by atoms with van der Waals surface area (Å²) in [5, 5.41) is 3.23. The molecule has 0 saturated heterocycles. The van der Waals surface area contributed by atoms with Crippen molar-refractivity contribution >= 4 is 34.0 Å². The molecule has 0 fully saturated rings. The Morgan fingerprint density at radius 3 is 2.32 bits per heavy atom. The summed E-state index contributed by atoms with van der Waals surface area (Å²) in [4.78, 5) is 37.2. The van der Waals surface area contributed by atoms with Gasteiger partial charge in [-0.15, -0.1) is 11.3 Å². The number of Topliss-reactive ketones (excluding diaryl/α,β-unsaturated/α-hetero) is 1. The lowest BCUT2D eigenvalue weighted by molar-refractivity contribution is -0.118. The summed E-state index contributed by atoms with van der Waals surface area (Å²) in [5.41, 5.74) is 1.84. The largest absolute Gasteiger partial charge is 0.484 e. The molecule has 0 radical (unpaired) electrons. The molecule has 150 valence electrons. The second-order valence-electron chi connectivity index (χ2n) is 6.07. The smallest absolute Gasteiger partial charge is 0.341 e. The van der Waals surface area contributed by atoms with Crippen molar-refractivity contribution in [1.29, 1.82) is 0 Å². The van der Waals surface area contributed by atoms with Gasteiger partial charge in [-0.05, 0) is 50.1 Å². The molecule has 2 aromatic rings. The molecule has 1 amide bonds. The summed E-state index contributed by atoms with van der Waals surface area (Å²) in [5.74, 6) is -0.271. The van der Waals surface area contributed by atoms with Crippen LogP contribution in [0, 0.1) is 6.92 Å². The van der Waals surface area contributed by atoms with Crippen LogP contribution in [0.15, 0.2) is 24.3 Å². The van der Waals surface area contributed by atoms with Crippen molar-refractivity contribution in [2.45, 2.75) is 40.5 Å². The Kier molecular flexibility index (Phi) is 7.75. The van der Waals surface area contributed by atoms with E-state index < -0.39 is 5.97 Å². The molecule has 28 heavy (non-hydrogen) atoms. The zero-order valence-corrected chi connectivity index (χ0v) is 17.4. The van der Waals surface area contributed by atoms with Crippen LogP contribution in [0.4, 0.5) is 5.00 Å². The van der Waals surface area contributed by atoms with E-state index in [-0.39, 0.29) is 24.9 Å². The topological polar surface area (TPSA) is 81.7 Å². The number of esters is 1. The minimum Gasteiger partial charge on any atom is -0.484 e. The Hall–Kier alpha value is -2.67. The Morgan fingerprint density at radius 2 is 1.75 bits per heavy atom. The fourth-order valence-electron chi connectivity index (χ4n) is 2.69. The lowest BCUT2D eigenvalue weighted by Crippen LogP contribution is -2.21.